The lowest BCUT2D eigenvalue weighted by atomic mass is 9.99. The molecule has 1 aromatic heterocycles. The molecule has 2 N–H and O–H groups in total. The predicted octanol–water partition coefficient (Wildman–Crippen LogP) is 0.935. The number of carbonyl (C=O) groups is 1. The van der Waals surface area contributed by atoms with Crippen molar-refractivity contribution in [1.29, 1.82) is 5.26 Å². The lowest BCUT2D eigenvalue weighted by molar-refractivity contribution is 0.0901. The minimum Gasteiger partial charge on any atom is -0.348 e. The average molecular weight is 391 g/mol. The number of nitriles is 1. The first kappa shape index (κ1) is 18.6. The number of aromatic nitrogens is 1. The van der Waals surface area contributed by atoms with E-state index in [4.69, 9.17) is 9.78 Å². The van der Waals surface area contributed by atoms with Gasteiger partial charge in [0.25, 0.3) is 5.91 Å². The molecule has 0 saturated carbocycles. The van der Waals surface area contributed by atoms with Gasteiger partial charge < -0.3 is 15.2 Å². The maximum atomic E-state index is 13.0. The van der Waals surface area contributed by atoms with E-state index in [-0.39, 0.29) is 35.5 Å². The summed E-state index contributed by atoms with van der Waals surface area (Å²) in [5, 5.41) is 18.8. The van der Waals surface area contributed by atoms with Crippen molar-refractivity contribution < 1.29 is 13.5 Å². The van der Waals surface area contributed by atoms with Gasteiger partial charge in [0.1, 0.15) is 6.07 Å². The standard InChI is InChI=1S/C18H25N5O3S/c19-10-16-9-17(22-26-16)18(24)21-13-7-14-1-2-15(8-13)23(14)27(25)11-12-3-5-20-6-4-12/h9,12-15,20H,1-8,11H2,(H,21,24). The Morgan fingerprint density at radius 3 is 2.67 bits per heavy atom. The first-order valence-electron chi connectivity index (χ1n) is 9.69. The highest BCUT2D eigenvalue weighted by Gasteiger charge is 2.44. The van der Waals surface area contributed by atoms with E-state index in [0.29, 0.717) is 5.92 Å². The third-order valence-electron chi connectivity index (χ3n) is 5.93. The van der Waals surface area contributed by atoms with Crippen LogP contribution in [-0.2, 0) is 11.0 Å². The fourth-order valence-corrected chi connectivity index (χ4v) is 6.57. The molecule has 3 unspecified atom stereocenters. The van der Waals surface area contributed by atoms with Gasteiger partial charge in [-0.25, -0.2) is 8.51 Å². The van der Waals surface area contributed by atoms with E-state index in [9.17, 15) is 9.00 Å². The van der Waals surface area contributed by atoms with Crippen molar-refractivity contribution in [2.45, 2.75) is 56.7 Å². The summed E-state index contributed by atoms with van der Waals surface area (Å²) in [5.74, 6) is 1.03. The summed E-state index contributed by atoms with van der Waals surface area (Å²) in [4.78, 5) is 12.3. The molecule has 0 radical (unpaired) electrons. The van der Waals surface area contributed by atoms with E-state index in [1.807, 2.05) is 6.07 Å². The molecular formula is C18H25N5O3S. The Labute approximate surface area is 161 Å². The molecule has 27 heavy (non-hydrogen) atoms. The first-order valence-corrected chi connectivity index (χ1v) is 11.0. The molecule has 9 heteroatoms. The van der Waals surface area contributed by atoms with Crippen LogP contribution >= 0.6 is 0 Å². The molecule has 3 saturated heterocycles. The smallest absolute Gasteiger partial charge is 0.273 e. The largest absolute Gasteiger partial charge is 0.348 e. The van der Waals surface area contributed by atoms with Gasteiger partial charge in [-0.2, -0.15) is 5.26 Å². The topological polar surface area (TPSA) is 111 Å². The van der Waals surface area contributed by atoms with Gasteiger partial charge in [0.15, 0.2) is 5.69 Å². The van der Waals surface area contributed by atoms with Crippen LogP contribution in [0.4, 0.5) is 0 Å². The second-order valence-electron chi connectivity index (χ2n) is 7.76. The Bertz CT molecular complexity index is 740. The Kier molecular flexibility index (Phi) is 5.57. The number of carbonyl (C=O) groups excluding carboxylic acids is 1. The molecule has 3 fully saturated rings. The van der Waals surface area contributed by atoms with Crippen molar-refractivity contribution in [3.05, 3.63) is 17.5 Å². The summed E-state index contributed by atoms with van der Waals surface area (Å²) in [6, 6.07) is 3.76. The SMILES string of the molecule is N#Cc1cc(C(=O)NC2CC3CCC(C2)N3S(=O)CC2CCNCC2)no1. The number of hydrogen-bond donors (Lipinski definition) is 2. The summed E-state index contributed by atoms with van der Waals surface area (Å²) in [7, 11) is -0.934. The van der Waals surface area contributed by atoms with Gasteiger partial charge in [-0.1, -0.05) is 5.16 Å². The molecule has 0 aliphatic carbocycles. The van der Waals surface area contributed by atoms with Crippen LogP contribution in [-0.4, -0.2) is 56.5 Å². The van der Waals surface area contributed by atoms with Gasteiger partial charge >= 0.3 is 0 Å². The number of rotatable bonds is 5. The summed E-state index contributed by atoms with van der Waals surface area (Å²) in [6.07, 6.45) is 5.91. The molecule has 3 aliphatic heterocycles. The van der Waals surface area contributed by atoms with Crippen LogP contribution in [0.25, 0.3) is 0 Å². The lowest BCUT2D eigenvalue weighted by Crippen LogP contribution is -2.51. The second-order valence-corrected chi connectivity index (χ2v) is 9.15. The number of fused-ring (bicyclic) bond motifs is 2. The van der Waals surface area contributed by atoms with E-state index in [2.05, 4.69) is 20.1 Å². The number of hydrogen-bond acceptors (Lipinski definition) is 6. The molecule has 4 rings (SSSR count). The van der Waals surface area contributed by atoms with Crippen LogP contribution in [0.3, 0.4) is 0 Å². The summed E-state index contributed by atoms with van der Waals surface area (Å²) in [6.45, 7) is 2.05. The van der Waals surface area contributed by atoms with E-state index in [1.54, 1.807) is 0 Å². The molecule has 3 aliphatic rings. The molecule has 8 nitrogen and oxygen atoms in total. The first-order chi connectivity index (χ1) is 13.1. The van der Waals surface area contributed by atoms with Crippen molar-refractivity contribution in [2.24, 2.45) is 5.92 Å². The second kappa shape index (κ2) is 8.09. The molecule has 146 valence electrons. The van der Waals surface area contributed by atoms with Crippen LogP contribution in [0.5, 0.6) is 0 Å². The van der Waals surface area contributed by atoms with Crippen LogP contribution in [0.1, 0.15) is 54.8 Å². The molecular weight excluding hydrogens is 366 g/mol. The van der Waals surface area contributed by atoms with Gasteiger partial charge in [-0.05, 0) is 57.5 Å². The van der Waals surface area contributed by atoms with E-state index >= 15 is 0 Å². The highest BCUT2D eigenvalue weighted by molar-refractivity contribution is 7.82. The summed E-state index contributed by atoms with van der Waals surface area (Å²) >= 11 is 0. The molecule has 0 spiro atoms. The van der Waals surface area contributed by atoms with Crippen molar-refractivity contribution in [3.63, 3.8) is 0 Å². The van der Waals surface area contributed by atoms with Crippen molar-refractivity contribution in [2.75, 3.05) is 18.8 Å². The van der Waals surface area contributed by atoms with Crippen molar-refractivity contribution in [1.82, 2.24) is 20.1 Å². The fraction of sp³-hybridized carbons (Fsp3) is 0.722. The number of piperidine rings is 2. The highest BCUT2D eigenvalue weighted by atomic mass is 32.2. The minimum atomic E-state index is -0.934. The zero-order valence-electron chi connectivity index (χ0n) is 15.2. The minimum absolute atomic E-state index is 0.0309. The number of nitrogens with one attached hydrogen (secondary N) is 2. The monoisotopic (exact) mass is 391 g/mol. The normalized spacial score (nSPS) is 30.0. The lowest BCUT2D eigenvalue weighted by Gasteiger charge is -2.38. The van der Waals surface area contributed by atoms with Crippen LogP contribution < -0.4 is 10.6 Å². The molecule has 4 heterocycles. The maximum absolute atomic E-state index is 13.0. The van der Waals surface area contributed by atoms with Gasteiger partial charge in [0, 0.05) is 29.9 Å². The average Bonchev–Trinajstić information content (AvgIpc) is 3.25. The Morgan fingerprint density at radius 2 is 2.04 bits per heavy atom. The molecule has 1 aromatic rings. The van der Waals surface area contributed by atoms with E-state index in [1.165, 1.54) is 6.07 Å². The zero-order valence-corrected chi connectivity index (χ0v) is 16.0. The number of nitrogens with zero attached hydrogens (tertiary/aromatic N) is 3. The quantitative estimate of drug-likeness (QED) is 0.773. The molecule has 0 aromatic carbocycles. The van der Waals surface area contributed by atoms with E-state index < -0.39 is 11.0 Å². The predicted molar refractivity (Wildman–Crippen MR) is 99.0 cm³/mol. The highest BCUT2D eigenvalue weighted by Crippen LogP contribution is 2.37. The maximum Gasteiger partial charge on any atom is 0.273 e. The van der Waals surface area contributed by atoms with Crippen molar-refractivity contribution >= 4 is 16.9 Å². The summed E-state index contributed by atoms with van der Waals surface area (Å²) in [5.41, 5.74) is 0.135. The van der Waals surface area contributed by atoms with Crippen molar-refractivity contribution in [3.8, 4) is 6.07 Å². The molecule has 3 atom stereocenters. The van der Waals surface area contributed by atoms with Gasteiger partial charge in [-0.3, -0.25) is 4.79 Å². The van der Waals surface area contributed by atoms with Gasteiger partial charge in [-0.15, -0.1) is 0 Å². The van der Waals surface area contributed by atoms with Crippen LogP contribution in [0.15, 0.2) is 10.6 Å². The Balaban J connectivity index is 1.33. The zero-order chi connectivity index (χ0) is 18.8. The van der Waals surface area contributed by atoms with E-state index in [0.717, 1.165) is 57.4 Å². The Hall–Kier alpha value is -1.76. The third kappa shape index (κ3) is 4.08. The van der Waals surface area contributed by atoms with Crippen LogP contribution in [0, 0.1) is 17.2 Å². The van der Waals surface area contributed by atoms with Crippen LogP contribution in [0.2, 0.25) is 0 Å². The van der Waals surface area contributed by atoms with Gasteiger partial charge in [0.2, 0.25) is 5.76 Å². The Morgan fingerprint density at radius 1 is 1.33 bits per heavy atom. The molecule has 1 amide bonds. The molecule has 2 bridgehead atoms. The summed E-state index contributed by atoms with van der Waals surface area (Å²) < 4.78 is 20.0. The number of amides is 1. The third-order valence-corrected chi connectivity index (χ3v) is 7.75. The fourth-order valence-electron chi connectivity index (χ4n) is 4.61. The van der Waals surface area contributed by atoms with Gasteiger partial charge in [0.05, 0.1) is 11.0 Å².